The van der Waals surface area contributed by atoms with E-state index in [1.54, 1.807) is 17.0 Å². The summed E-state index contributed by atoms with van der Waals surface area (Å²) in [5.74, 6) is -0.135. The first-order valence-corrected chi connectivity index (χ1v) is 7.02. The Hall–Kier alpha value is -0.840. The summed E-state index contributed by atoms with van der Waals surface area (Å²) in [6, 6.07) is 3.72. The normalized spacial score (nSPS) is 17.0. The molecule has 1 saturated heterocycles. The zero-order valence-corrected chi connectivity index (χ0v) is 12.6. The van der Waals surface area contributed by atoms with E-state index in [2.05, 4.69) is 24.0 Å². The number of halogens is 2. The number of hydrogen-bond donors (Lipinski definition) is 0. The van der Waals surface area contributed by atoms with Crippen LogP contribution >= 0.6 is 23.2 Å². The molecular formula is C13H17Cl2N3O. The van der Waals surface area contributed by atoms with Crippen LogP contribution < -0.4 is 0 Å². The Morgan fingerprint density at radius 3 is 2.53 bits per heavy atom. The van der Waals surface area contributed by atoms with Crippen LogP contribution in [0.25, 0.3) is 0 Å². The van der Waals surface area contributed by atoms with Crippen LogP contribution in [0.15, 0.2) is 12.1 Å². The molecule has 0 bridgehead atoms. The predicted molar refractivity (Wildman–Crippen MR) is 76.9 cm³/mol. The van der Waals surface area contributed by atoms with Crippen molar-refractivity contribution in [2.75, 3.05) is 27.2 Å². The first-order valence-electron chi connectivity index (χ1n) is 6.27. The van der Waals surface area contributed by atoms with Gasteiger partial charge in [-0.15, -0.1) is 0 Å². The highest BCUT2D eigenvalue weighted by molar-refractivity contribution is 6.34. The molecule has 0 N–H and O–H groups in total. The van der Waals surface area contributed by atoms with Gasteiger partial charge >= 0.3 is 0 Å². The Morgan fingerprint density at radius 1 is 1.32 bits per heavy atom. The maximum atomic E-state index is 12.4. The molecule has 104 valence electrons. The molecule has 2 rings (SSSR count). The van der Waals surface area contributed by atoms with Crippen molar-refractivity contribution in [3.05, 3.63) is 28.0 Å². The number of amides is 1. The molecule has 1 aromatic rings. The molecule has 0 aliphatic carbocycles. The van der Waals surface area contributed by atoms with Crippen LogP contribution in [-0.4, -0.2) is 53.9 Å². The second-order valence-corrected chi connectivity index (χ2v) is 5.75. The number of pyridine rings is 1. The largest absolute Gasteiger partial charge is 0.337 e. The van der Waals surface area contributed by atoms with E-state index < -0.39 is 0 Å². The van der Waals surface area contributed by atoms with Gasteiger partial charge in [-0.05, 0) is 39.1 Å². The first-order chi connectivity index (χ1) is 8.99. The third-order valence-electron chi connectivity index (χ3n) is 3.50. The highest BCUT2D eigenvalue weighted by Crippen LogP contribution is 2.21. The summed E-state index contributed by atoms with van der Waals surface area (Å²) in [5.41, 5.74) is 0.248. The monoisotopic (exact) mass is 301 g/mol. The molecule has 0 aromatic carbocycles. The fourth-order valence-electron chi connectivity index (χ4n) is 2.30. The molecule has 6 heteroatoms. The van der Waals surface area contributed by atoms with Crippen molar-refractivity contribution >= 4 is 29.1 Å². The minimum atomic E-state index is -0.135. The first kappa shape index (κ1) is 14.6. The number of rotatable bonds is 2. The number of nitrogens with zero attached hydrogens (tertiary/aromatic N) is 3. The van der Waals surface area contributed by atoms with Crippen LogP contribution in [0.5, 0.6) is 0 Å². The molecule has 1 aliphatic heterocycles. The van der Waals surface area contributed by atoms with Gasteiger partial charge in [0.1, 0.15) is 10.8 Å². The van der Waals surface area contributed by atoms with Crippen molar-refractivity contribution in [3.8, 4) is 0 Å². The molecular weight excluding hydrogens is 285 g/mol. The molecule has 1 fully saturated rings. The summed E-state index contributed by atoms with van der Waals surface area (Å²) in [7, 11) is 4.13. The second kappa shape index (κ2) is 6.07. The Kier molecular flexibility index (Phi) is 4.66. The number of aromatic nitrogens is 1. The SMILES string of the molecule is CN(C)C1CCN(C(=O)c2nc(Cl)ccc2Cl)CC1. The number of hydrogen-bond acceptors (Lipinski definition) is 3. The molecule has 1 amide bonds. The third kappa shape index (κ3) is 3.38. The predicted octanol–water partition coefficient (Wildman–Crippen LogP) is 2.55. The van der Waals surface area contributed by atoms with Crippen molar-refractivity contribution < 1.29 is 4.79 Å². The molecule has 1 aliphatic rings. The summed E-state index contributed by atoms with van der Waals surface area (Å²) in [6.07, 6.45) is 1.94. The molecule has 0 saturated carbocycles. The van der Waals surface area contributed by atoms with Crippen molar-refractivity contribution in [2.24, 2.45) is 0 Å². The standard InChI is InChI=1S/C13H17Cl2N3O/c1-17(2)9-5-7-18(8-6-9)13(19)12-10(14)3-4-11(15)16-12/h3-4,9H,5-8H2,1-2H3. The van der Waals surface area contributed by atoms with Crippen molar-refractivity contribution in [1.82, 2.24) is 14.8 Å². The van der Waals surface area contributed by atoms with Crippen LogP contribution in [0.1, 0.15) is 23.3 Å². The van der Waals surface area contributed by atoms with Gasteiger partial charge in [0.05, 0.1) is 5.02 Å². The van der Waals surface area contributed by atoms with E-state index in [1.165, 1.54) is 0 Å². The van der Waals surface area contributed by atoms with E-state index >= 15 is 0 Å². The molecule has 19 heavy (non-hydrogen) atoms. The number of piperidine rings is 1. The van der Waals surface area contributed by atoms with Crippen molar-refractivity contribution in [1.29, 1.82) is 0 Å². The highest BCUT2D eigenvalue weighted by Gasteiger charge is 2.26. The van der Waals surface area contributed by atoms with Gasteiger partial charge in [0.25, 0.3) is 5.91 Å². The molecule has 0 unspecified atom stereocenters. The lowest BCUT2D eigenvalue weighted by molar-refractivity contribution is 0.0657. The maximum Gasteiger partial charge on any atom is 0.274 e. The van der Waals surface area contributed by atoms with E-state index in [0.29, 0.717) is 11.1 Å². The molecule has 0 atom stereocenters. The highest BCUT2D eigenvalue weighted by atomic mass is 35.5. The van der Waals surface area contributed by atoms with Gasteiger partial charge in [-0.1, -0.05) is 23.2 Å². The van der Waals surface area contributed by atoms with E-state index in [9.17, 15) is 4.79 Å². The van der Waals surface area contributed by atoms with Gasteiger partial charge in [-0.2, -0.15) is 0 Å². The topological polar surface area (TPSA) is 36.4 Å². The Labute approximate surface area is 123 Å². The summed E-state index contributed by atoms with van der Waals surface area (Å²) >= 11 is 11.8. The van der Waals surface area contributed by atoms with Crippen molar-refractivity contribution in [2.45, 2.75) is 18.9 Å². The van der Waals surface area contributed by atoms with Crippen LogP contribution in [0.3, 0.4) is 0 Å². The smallest absolute Gasteiger partial charge is 0.274 e. The van der Waals surface area contributed by atoms with E-state index in [-0.39, 0.29) is 16.8 Å². The zero-order chi connectivity index (χ0) is 14.0. The fraction of sp³-hybridized carbons (Fsp3) is 0.538. The lowest BCUT2D eigenvalue weighted by Crippen LogP contribution is -2.44. The van der Waals surface area contributed by atoms with Crippen molar-refractivity contribution in [3.63, 3.8) is 0 Å². The third-order valence-corrected chi connectivity index (χ3v) is 4.01. The zero-order valence-electron chi connectivity index (χ0n) is 11.1. The molecule has 2 heterocycles. The fourth-order valence-corrected chi connectivity index (χ4v) is 2.64. The number of carbonyl (C=O) groups excluding carboxylic acids is 1. The molecule has 0 radical (unpaired) electrons. The maximum absolute atomic E-state index is 12.4. The van der Waals surface area contributed by atoms with Crippen LogP contribution in [0.4, 0.5) is 0 Å². The summed E-state index contributed by atoms with van der Waals surface area (Å²) in [4.78, 5) is 20.4. The molecule has 0 spiro atoms. The Balaban J connectivity index is 2.07. The van der Waals surface area contributed by atoms with Gasteiger partial charge < -0.3 is 9.80 Å². The van der Waals surface area contributed by atoms with Gasteiger partial charge in [0, 0.05) is 19.1 Å². The average Bonchev–Trinajstić information content (AvgIpc) is 2.41. The summed E-state index contributed by atoms with van der Waals surface area (Å²) in [5, 5.41) is 0.639. The second-order valence-electron chi connectivity index (χ2n) is 4.95. The summed E-state index contributed by atoms with van der Waals surface area (Å²) < 4.78 is 0. The van der Waals surface area contributed by atoms with Crippen LogP contribution in [0, 0.1) is 0 Å². The van der Waals surface area contributed by atoms with Gasteiger partial charge in [0.2, 0.25) is 0 Å². The van der Waals surface area contributed by atoms with E-state index in [4.69, 9.17) is 23.2 Å². The molecule has 4 nitrogen and oxygen atoms in total. The average molecular weight is 302 g/mol. The van der Waals surface area contributed by atoms with E-state index in [1.807, 2.05) is 0 Å². The van der Waals surface area contributed by atoms with Gasteiger partial charge in [0.15, 0.2) is 0 Å². The minimum absolute atomic E-state index is 0.135. The summed E-state index contributed by atoms with van der Waals surface area (Å²) in [6.45, 7) is 1.46. The van der Waals surface area contributed by atoms with E-state index in [0.717, 1.165) is 25.9 Å². The van der Waals surface area contributed by atoms with Crippen LogP contribution in [-0.2, 0) is 0 Å². The lowest BCUT2D eigenvalue weighted by atomic mass is 10.0. The number of carbonyl (C=O) groups is 1. The molecule has 1 aromatic heterocycles. The van der Waals surface area contributed by atoms with Crippen LogP contribution in [0.2, 0.25) is 10.2 Å². The van der Waals surface area contributed by atoms with Gasteiger partial charge in [-0.25, -0.2) is 4.98 Å². The number of likely N-dealkylation sites (tertiary alicyclic amines) is 1. The van der Waals surface area contributed by atoms with Gasteiger partial charge in [-0.3, -0.25) is 4.79 Å². The Bertz CT molecular complexity index is 471. The minimum Gasteiger partial charge on any atom is -0.337 e. The quantitative estimate of drug-likeness (QED) is 0.788. The lowest BCUT2D eigenvalue weighted by Gasteiger charge is -2.35. The Morgan fingerprint density at radius 2 is 1.95 bits per heavy atom.